The molecule has 0 unspecified atom stereocenters. The number of nitrogens with zero attached hydrogens (tertiary/aromatic N) is 1. The first-order valence-corrected chi connectivity index (χ1v) is 11.7. The molecule has 35 heavy (non-hydrogen) atoms. The molecule has 2 amide bonds. The molecular formula is C27H25N3O4S. The first kappa shape index (κ1) is 24.1. The molecule has 3 aromatic carbocycles. The number of carbonyl (C=O) groups is 2. The monoisotopic (exact) mass is 487 g/mol. The van der Waals surface area contributed by atoms with Crippen molar-refractivity contribution < 1.29 is 19.1 Å². The molecule has 0 saturated carbocycles. The highest BCUT2D eigenvalue weighted by Crippen LogP contribution is 2.32. The average molecular weight is 488 g/mol. The standard InChI is InChI=1S/C27H25N3O4S/c1-17-4-9-20(10-5-17)28-25(31)16-34-22-13-8-19(14-23(22)33-3)15-24-26(32)30-27(35-24)29-21-11-6-18(2)7-12-21/h4-15H,16H2,1-3H3,(H,28,31)(H,29,30,32)/b24-15+. The molecule has 178 valence electrons. The van der Waals surface area contributed by atoms with Crippen LogP contribution in [-0.4, -0.2) is 30.7 Å². The van der Waals surface area contributed by atoms with Crippen LogP contribution in [0.4, 0.5) is 11.4 Å². The third kappa shape index (κ3) is 6.51. The van der Waals surface area contributed by atoms with Crippen LogP contribution in [0.3, 0.4) is 0 Å². The largest absolute Gasteiger partial charge is 0.493 e. The predicted molar refractivity (Wildman–Crippen MR) is 140 cm³/mol. The molecule has 7 nitrogen and oxygen atoms in total. The number of amides is 2. The number of thioether (sulfide) groups is 1. The van der Waals surface area contributed by atoms with Crippen molar-refractivity contribution in [1.29, 1.82) is 0 Å². The van der Waals surface area contributed by atoms with Crippen LogP contribution < -0.4 is 20.1 Å². The normalized spacial score (nSPS) is 15.2. The second-order valence-corrected chi connectivity index (χ2v) is 8.96. The zero-order chi connectivity index (χ0) is 24.8. The number of aryl methyl sites for hydroxylation is 2. The third-order valence-corrected chi connectivity index (χ3v) is 6.00. The second kappa shape index (κ2) is 10.9. The molecule has 4 rings (SSSR count). The molecule has 1 aliphatic rings. The van der Waals surface area contributed by atoms with Gasteiger partial charge in [-0.15, -0.1) is 0 Å². The highest BCUT2D eigenvalue weighted by Gasteiger charge is 2.24. The van der Waals surface area contributed by atoms with Crippen molar-refractivity contribution in [2.75, 3.05) is 19.0 Å². The molecule has 1 aliphatic heterocycles. The zero-order valence-corrected chi connectivity index (χ0v) is 20.4. The van der Waals surface area contributed by atoms with Crippen molar-refractivity contribution >= 4 is 46.2 Å². The van der Waals surface area contributed by atoms with E-state index in [1.165, 1.54) is 18.9 Å². The lowest BCUT2D eigenvalue weighted by atomic mass is 10.2. The summed E-state index contributed by atoms with van der Waals surface area (Å²) in [4.78, 5) is 29.7. The Morgan fingerprint density at radius 1 is 1.00 bits per heavy atom. The fourth-order valence-corrected chi connectivity index (χ4v) is 4.08. The number of amidine groups is 1. The van der Waals surface area contributed by atoms with Gasteiger partial charge in [0.05, 0.1) is 17.7 Å². The van der Waals surface area contributed by atoms with E-state index in [1.54, 1.807) is 24.3 Å². The first-order chi connectivity index (χ1) is 16.9. The number of rotatable bonds is 7. The number of benzene rings is 3. The van der Waals surface area contributed by atoms with Gasteiger partial charge in [0.2, 0.25) is 0 Å². The predicted octanol–water partition coefficient (Wildman–Crippen LogP) is 5.22. The van der Waals surface area contributed by atoms with E-state index in [0.29, 0.717) is 27.3 Å². The molecule has 0 atom stereocenters. The molecule has 0 aliphatic carbocycles. The number of anilines is 1. The van der Waals surface area contributed by atoms with Crippen LogP contribution >= 0.6 is 11.8 Å². The van der Waals surface area contributed by atoms with Crippen molar-refractivity contribution in [1.82, 2.24) is 5.32 Å². The zero-order valence-electron chi connectivity index (χ0n) is 19.6. The second-order valence-electron chi connectivity index (χ2n) is 7.93. The fraction of sp³-hybridized carbons (Fsp3) is 0.148. The van der Waals surface area contributed by atoms with Crippen molar-refractivity contribution in [2.45, 2.75) is 13.8 Å². The van der Waals surface area contributed by atoms with E-state index >= 15 is 0 Å². The molecule has 1 heterocycles. The Labute approximate surface area is 208 Å². The van der Waals surface area contributed by atoms with Gasteiger partial charge >= 0.3 is 0 Å². The lowest BCUT2D eigenvalue weighted by Gasteiger charge is -2.12. The number of hydrogen-bond acceptors (Lipinski definition) is 6. The summed E-state index contributed by atoms with van der Waals surface area (Å²) in [5.74, 6) is 0.396. The molecule has 8 heteroatoms. The van der Waals surface area contributed by atoms with Gasteiger partial charge in [-0.2, -0.15) is 0 Å². The highest BCUT2D eigenvalue weighted by molar-refractivity contribution is 8.18. The first-order valence-electron chi connectivity index (χ1n) is 10.9. The van der Waals surface area contributed by atoms with Crippen molar-refractivity contribution in [2.24, 2.45) is 4.99 Å². The summed E-state index contributed by atoms with van der Waals surface area (Å²) in [5, 5.41) is 6.11. The van der Waals surface area contributed by atoms with Crippen molar-refractivity contribution in [3.05, 3.63) is 88.3 Å². The lowest BCUT2D eigenvalue weighted by Crippen LogP contribution is -2.20. The summed E-state index contributed by atoms with van der Waals surface area (Å²) >= 11 is 1.27. The summed E-state index contributed by atoms with van der Waals surface area (Å²) in [7, 11) is 1.52. The summed E-state index contributed by atoms with van der Waals surface area (Å²) in [5.41, 5.74) is 4.49. The number of methoxy groups -OCH3 is 1. The summed E-state index contributed by atoms with van der Waals surface area (Å²) in [6, 6.07) is 20.5. The quantitative estimate of drug-likeness (QED) is 0.446. The van der Waals surface area contributed by atoms with Gasteiger partial charge in [0.25, 0.3) is 11.8 Å². The third-order valence-electron chi connectivity index (χ3n) is 5.10. The molecule has 0 spiro atoms. The molecule has 0 bridgehead atoms. The minimum atomic E-state index is -0.276. The number of hydrogen-bond donors (Lipinski definition) is 2. The minimum absolute atomic E-state index is 0.165. The van der Waals surface area contributed by atoms with Gasteiger partial charge in [-0.05, 0) is 73.6 Å². The van der Waals surface area contributed by atoms with Gasteiger partial charge in [-0.1, -0.05) is 41.5 Å². The highest BCUT2D eigenvalue weighted by atomic mass is 32.2. The molecular weight excluding hydrogens is 462 g/mol. The SMILES string of the molecule is COc1cc(/C=C2/SC(=Nc3ccc(C)cc3)NC2=O)ccc1OCC(=O)Nc1ccc(C)cc1. The van der Waals surface area contributed by atoms with E-state index in [2.05, 4.69) is 15.6 Å². The summed E-state index contributed by atoms with van der Waals surface area (Å²) in [6.45, 7) is 3.83. The van der Waals surface area contributed by atoms with Crippen LogP contribution in [0, 0.1) is 13.8 Å². The number of ether oxygens (including phenoxy) is 2. The van der Waals surface area contributed by atoms with Crippen molar-refractivity contribution in [3.8, 4) is 11.5 Å². The van der Waals surface area contributed by atoms with E-state index in [1.807, 2.05) is 62.4 Å². The maximum absolute atomic E-state index is 12.4. The van der Waals surface area contributed by atoms with Gasteiger partial charge in [-0.25, -0.2) is 4.99 Å². The maximum atomic E-state index is 12.4. The average Bonchev–Trinajstić information content (AvgIpc) is 3.19. The molecule has 0 radical (unpaired) electrons. The summed E-state index contributed by atoms with van der Waals surface area (Å²) < 4.78 is 11.1. The van der Waals surface area contributed by atoms with Crippen LogP contribution in [-0.2, 0) is 9.59 Å². The Morgan fingerprint density at radius 2 is 1.69 bits per heavy atom. The molecule has 3 aromatic rings. The number of carbonyl (C=O) groups excluding carboxylic acids is 2. The Balaban J connectivity index is 1.41. The fourth-order valence-electron chi connectivity index (χ4n) is 3.24. The van der Waals surface area contributed by atoms with Gasteiger partial charge < -0.3 is 20.1 Å². The van der Waals surface area contributed by atoms with Gasteiger partial charge in [0.15, 0.2) is 23.3 Å². The Bertz CT molecular complexity index is 1300. The molecule has 0 aromatic heterocycles. The smallest absolute Gasteiger partial charge is 0.264 e. The van der Waals surface area contributed by atoms with E-state index in [4.69, 9.17) is 9.47 Å². The van der Waals surface area contributed by atoms with Gasteiger partial charge in [0, 0.05) is 5.69 Å². The number of aliphatic imine (C=N–C) groups is 1. The van der Waals surface area contributed by atoms with Crippen molar-refractivity contribution in [3.63, 3.8) is 0 Å². The van der Waals surface area contributed by atoms with Crippen LogP contribution in [0.1, 0.15) is 16.7 Å². The minimum Gasteiger partial charge on any atom is -0.493 e. The van der Waals surface area contributed by atoms with Crippen LogP contribution in [0.25, 0.3) is 6.08 Å². The van der Waals surface area contributed by atoms with E-state index < -0.39 is 0 Å². The van der Waals surface area contributed by atoms with E-state index in [9.17, 15) is 9.59 Å². The summed E-state index contributed by atoms with van der Waals surface area (Å²) in [6.07, 6.45) is 1.76. The molecule has 1 fully saturated rings. The Hall–Kier alpha value is -4.04. The molecule has 2 N–H and O–H groups in total. The maximum Gasteiger partial charge on any atom is 0.264 e. The molecule has 1 saturated heterocycles. The van der Waals surface area contributed by atoms with Gasteiger partial charge in [-0.3, -0.25) is 9.59 Å². The Morgan fingerprint density at radius 3 is 2.37 bits per heavy atom. The Kier molecular flexibility index (Phi) is 7.52. The van der Waals surface area contributed by atoms with E-state index in [0.717, 1.165) is 22.4 Å². The van der Waals surface area contributed by atoms with Crippen LogP contribution in [0.2, 0.25) is 0 Å². The number of nitrogens with one attached hydrogen (secondary N) is 2. The van der Waals surface area contributed by atoms with Gasteiger partial charge in [0.1, 0.15) is 0 Å². The topological polar surface area (TPSA) is 89.0 Å². The van der Waals surface area contributed by atoms with E-state index in [-0.39, 0.29) is 18.4 Å². The lowest BCUT2D eigenvalue weighted by molar-refractivity contribution is -0.118. The van der Waals surface area contributed by atoms with Crippen LogP contribution in [0.5, 0.6) is 11.5 Å². The van der Waals surface area contributed by atoms with Crippen LogP contribution in [0.15, 0.2) is 76.6 Å².